The molecule has 1 heterocycles. The van der Waals surface area contributed by atoms with Gasteiger partial charge in [-0.1, -0.05) is 68.5 Å². The number of aromatic nitrogens is 1. The van der Waals surface area contributed by atoms with E-state index in [4.69, 9.17) is 0 Å². The number of nitrogens with zero attached hydrogens (tertiary/aromatic N) is 1. The Labute approximate surface area is 190 Å². The summed E-state index contributed by atoms with van der Waals surface area (Å²) in [5, 5.41) is 1.30. The minimum atomic E-state index is -0.0307. The average Bonchev–Trinajstić information content (AvgIpc) is 2.83. The van der Waals surface area contributed by atoms with E-state index in [1.54, 1.807) is 18.2 Å². The van der Waals surface area contributed by atoms with Gasteiger partial charge in [-0.25, -0.2) is 0 Å². The smallest absolute Gasteiger partial charge is 0.212 e. The van der Waals surface area contributed by atoms with Crippen molar-refractivity contribution in [3.63, 3.8) is 0 Å². The van der Waals surface area contributed by atoms with Gasteiger partial charge in [0, 0.05) is 40.6 Å². The first kappa shape index (κ1) is 22.1. The van der Waals surface area contributed by atoms with Crippen molar-refractivity contribution >= 4 is 22.5 Å². The molecule has 0 saturated carbocycles. The van der Waals surface area contributed by atoms with Crippen LogP contribution >= 0.6 is 0 Å². The molecule has 3 heteroatoms. The molecule has 1 aliphatic carbocycles. The summed E-state index contributed by atoms with van der Waals surface area (Å²) < 4.78 is 2.36. The van der Waals surface area contributed by atoms with Crippen LogP contribution in [0.3, 0.4) is 0 Å². The molecule has 3 nitrogen and oxygen atoms in total. The van der Waals surface area contributed by atoms with Gasteiger partial charge in [0.25, 0.3) is 0 Å². The number of pyridine rings is 1. The maximum atomic E-state index is 12.6. The minimum absolute atomic E-state index is 0.0307. The summed E-state index contributed by atoms with van der Waals surface area (Å²) in [6.45, 7) is 1.08. The lowest BCUT2D eigenvalue weighted by Gasteiger charge is -2.14. The number of ketones is 2. The SMILES string of the molecule is O=C1C=C(CCCCCCCCCC[n+]2cccc3ccccc32)C(=O)c2ccccc21. The summed E-state index contributed by atoms with van der Waals surface area (Å²) >= 11 is 0. The van der Waals surface area contributed by atoms with Crippen LogP contribution in [0.2, 0.25) is 0 Å². The van der Waals surface area contributed by atoms with E-state index in [1.807, 2.05) is 12.1 Å². The zero-order chi connectivity index (χ0) is 22.2. The number of benzene rings is 2. The molecule has 0 fully saturated rings. The van der Waals surface area contributed by atoms with Crippen molar-refractivity contribution in [2.75, 3.05) is 0 Å². The molecule has 0 saturated heterocycles. The van der Waals surface area contributed by atoms with Crippen LogP contribution in [0.5, 0.6) is 0 Å². The van der Waals surface area contributed by atoms with Crippen LogP contribution in [-0.2, 0) is 6.54 Å². The van der Waals surface area contributed by atoms with Crippen LogP contribution in [0.4, 0.5) is 0 Å². The van der Waals surface area contributed by atoms with E-state index in [0.29, 0.717) is 23.1 Å². The first-order valence-corrected chi connectivity index (χ1v) is 12.0. The van der Waals surface area contributed by atoms with E-state index in [-0.39, 0.29) is 11.6 Å². The second-order valence-corrected chi connectivity index (χ2v) is 8.75. The van der Waals surface area contributed by atoms with Crippen LogP contribution in [0.1, 0.15) is 78.5 Å². The topological polar surface area (TPSA) is 38.0 Å². The van der Waals surface area contributed by atoms with E-state index in [0.717, 1.165) is 19.4 Å². The van der Waals surface area contributed by atoms with Crippen LogP contribution in [0, 0.1) is 0 Å². The summed E-state index contributed by atoms with van der Waals surface area (Å²) in [5.74, 6) is 0.00104. The van der Waals surface area contributed by atoms with Gasteiger partial charge in [-0.3, -0.25) is 9.59 Å². The average molecular weight is 427 g/mol. The molecular formula is C29H32NO2+. The molecule has 0 radical (unpaired) electrons. The first-order valence-electron chi connectivity index (χ1n) is 12.0. The lowest BCUT2D eigenvalue weighted by atomic mass is 9.87. The fraction of sp³-hybridized carbons (Fsp3) is 0.345. The summed E-state index contributed by atoms with van der Waals surface area (Å²) in [4.78, 5) is 24.8. The number of carbonyl (C=O) groups is 2. The van der Waals surface area contributed by atoms with E-state index in [9.17, 15) is 9.59 Å². The molecule has 2 aromatic carbocycles. The largest absolute Gasteiger partial charge is 0.289 e. The third kappa shape index (κ3) is 5.40. The van der Waals surface area contributed by atoms with Crippen molar-refractivity contribution in [3.05, 3.63) is 89.6 Å². The van der Waals surface area contributed by atoms with Gasteiger partial charge in [-0.05, 0) is 37.5 Å². The molecule has 0 amide bonds. The maximum Gasteiger partial charge on any atom is 0.212 e. The maximum absolute atomic E-state index is 12.6. The van der Waals surface area contributed by atoms with Gasteiger partial charge >= 0.3 is 0 Å². The van der Waals surface area contributed by atoms with E-state index in [1.165, 1.54) is 49.4 Å². The first-order chi connectivity index (χ1) is 15.7. The zero-order valence-corrected chi connectivity index (χ0v) is 18.8. The highest BCUT2D eigenvalue weighted by Crippen LogP contribution is 2.24. The predicted molar refractivity (Wildman–Crippen MR) is 129 cm³/mol. The number of rotatable bonds is 11. The Morgan fingerprint density at radius 2 is 1.25 bits per heavy atom. The highest BCUT2D eigenvalue weighted by atomic mass is 16.1. The second-order valence-electron chi connectivity index (χ2n) is 8.75. The third-order valence-corrected chi connectivity index (χ3v) is 6.42. The number of hydrogen-bond acceptors (Lipinski definition) is 2. The molecule has 164 valence electrons. The van der Waals surface area contributed by atoms with Crippen molar-refractivity contribution in [3.8, 4) is 0 Å². The number of unbranched alkanes of at least 4 members (excludes halogenated alkanes) is 7. The Morgan fingerprint density at radius 3 is 2.06 bits per heavy atom. The number of allylic oxidation sites excluding steroid dienone is 2. The van der Waals surface area contributed by atoms with Crippen molar-refractivity contribution in [2.45, 2.75) is 64.3 Å². The van der Waals surface area contributed by atoms with Crippen LogP contribution in [0.25, 0.3) is 10.9 Å². The van der Waals surface area contributed by atoms with Gasteiger partial charge in [0.2, 0.25) is 5.52 Å². The van der Waals surface area contributed by atoms with Crippen LogP contribution in [-0.4, -0.2) is 11.6 Å². The fourth-order valence-corrected chi connectivity index (χ4v) is 4.63. The standard InChI is InChI=1S/C29H32NO2/c31-28-22-24(29(32)26-18-10-9-17-25(26)28)15-7-5-3-1-2-4-6-12-20-30-21-13-16-23-14-8-11-19-27(23)30/h8-11,13-14,16-19,21-22H,1-7,12,15,20H2/q+1. The Kier molecular flexibility index (Phi) is 7.60. The molecule has 1 aromatic heterocycles. The zero-order valence-electron chi connectivity index (χ0n) is 18.8. The number of carbonyl (C=O) groups excluding carboxylic acids is 2. The van der Waals surface area contributed by atoms with Gasteiger partial charge in [0.1, 0.15) is 6.54 Å². The summed E-state index contributed by atoms with van der Waals surface area (Å²) in [6, 6.07) is 20.0. The molecule has 0 bridgehead atoms. The van der Waals surface area contributed by atoms with Crippen molar-refractivity contribution in [1.29, 1.82) is 0 Å². The number of hydrogen-bond donors (Lipinski definition) is 0. The number of fused-ring (bicyclic) bond motifs is 2. The van der Waals surface area contributed by atoms with Crippen LogP contribution in [0.15, 0.2) is 78.5 Å². The van der Waals surface area contributed by atoms with Crippen molar-refractivity contribution < 1.29 is 14.2 Å². The third-order valence-electron chi connectivity index (χ3n) is 6.42. The van der Waals surface area contributed by atoms with Gasteiger partial charge < -0.3 is 0 Å². The lowest BCUT2D eigenvalue weighted by molar-refractivity contribution is -0.671. The molecule has 3 aromatic rings. The number of aryl methyl sites for hydroxylation is 1. The fourth-order valence-electron chi connectivity index (χ4n) is 4.63. The van der Waals surface area contributed by atoms with E-state index < -0.39 is 0 Å². The summed E-state index contributed by atoms with van der Waals surface area (Å²) in [6.07, 6.45) is 14.0. The molecule has 0 spiro atoms. The molecule has 4 rings (SSSR count). The van der Waals surface area contributed by atoms with Gasteiger partial charge in [-0.15, -0.1) is 0 Å². The normalized spacial score (nSPS) is 13.3. The Bertz CT molecular complexity index is 1120. The van der Waals surface area contributed by atoms with Gasteiger partial charge in [0.05, 0.1) is 0 Å². The Morgan fingerprint density at radius 1 is 0.625 bits per heavy atom. The predicted octanol–water partition coefficient (Wildman–Crippen LogP) is 6.64. The highest BCUT2D eigenvalue weighted by Gasteiger charge is 2.24. The quantitative estimate of drug-likeness (QED) is 0.254. The summed E-state index contributed by atoms with van der Waals surface area (Å²) in [7, 11) is 0. The van der Waals surface area contributed by atoms with E-state index in [2.05, 4.69) is 47.2 Å². The second kappa shape index (κ2) is 11.0. The molecular weight excluding hydrogens is 394 g/mol. The molecule has 0 unspecified atom stereocenters. The molecule has 32 heavy (non-hydrogen) atoms. The Hall–Kier alpha value is -3.07. The van der Waals surface area contributed by atoms with Gasteiger partial charge in [0.15, 0.2) is 17.8 Å². The highest BCUT2D eigenvalue weighted by molar-refractivity contribution is 6.24. The molecule has 0 atom stereocenters. The minimum Gasteiger partial charge on any atom is -0.289 e. The van der Waals surface area contributed by atoms with Crippen molar-refractivity contribution in [1.82, 2.24) is 0 Å². The Balaban J connectivity index is 1.08. The van der Waals surface area contributed by atoms with Gasteiger partial charge in [-0.2, -0.15) is 4.57 Å². The monoisotopic (exact) mass is 426 g/mol. The molecule has 0 aliphatic heterocycles. The molecule has 1 aliphatic rings. The number of para-hydroxylation sites is 1. The molecule has 0 N–H and O–H groups in total. The van der Waals surface area contributed by atoms with Crippen molar-refractivity contribution in [2.24, 2.45) is 0 Å². The number of Topliss-reactive ketones (excluding diaryl/α,β-unsaturated/α-hetero) is 1. The lowest BCUT2D eigenvalue weighted by Crippen LogP contribution is -2.33. The van der Waals surface area contributed by atoms with E-state index >= 15 is 0 Å². The summed E-state index contributed by atoms with van der Waals surface area (Å²) in [5.41, 5.74) is 3.10. The van der Waals surface area contributed by atoms with Crippen LogP contribution < -0.4 is 4.57 Å².